The van der Waals surface area contributed by atoms with Gasteiger partial charge in [0.25, 0.3) is 0 Å². The zero-order chi connectivity index (χ0) is 11.7. The first kappa shape index (κ1) is 11.0. The highest BCUT2D eigenvalue weighted by Gasteiger charge is 2.11. The molecule has 0 aromatic carbocycles. The van der Waals surface area contributed by atoms with E-state index in [0.717, 1.165) is 6.20 Å². The number of aryl methyl sites for hydroxylation is 2. The van der Waals surface area contributed by atoms with E-state index < -0.39 is 5.82 Å². The Kier molecular flexibility index (Phi) is 2.87. The Bertz CT molecular complexity index is 524. The standard InChI is InChI=1S/C10H10ClFN4/c1-6-14-7(2)16(15-6)10-8(4-11)3-9(12)5-13-10/h3,5H,4H2,1-2H3. The third-order valence-electron chi connectivity index (χ3n) is 2.13. The molecule has 4 nitrogen and oxygen atoms in total. The van der Waals surface area contributed by atoms with E-state index in [1.807, 2.05) is 6.92 Å². The Balaban J connectivity index is 2.59. The van der Waals surface area contributed by atoms with Crippen molar-refractivity contribution in [1.82, 2.24) is 19.7 Å². The number of rotatable bonds is 2. The van der Waals surface area contributed by atoms with E-state index in [9.17, 15) is 4.39 Å². The molecular weight excluding hydrogens is 231 g/mol. The smallest absolute Gasteiger partial charge is 0.160 e. The van der Waals surface area contributed by atoms with Gasteiger partial charge in [-0.2, -0.15) is 4.68 Å². The van der Waals surface area contributed by atoms with Crippen LogP contribution in [0.2, 0.25) is 0 Å². The van der Waals surface area contributed by atoms with Gasteiger partial charge in [-0.15, -0.1) is 16.7 Å². The second-order valence-corrected chi connectivity index (χ2v) is 3.66. The summed E-state index contributed by atoms with van der Waals surface area (Å²) in [5.74, 6) is 1.63. The lowest BCUT2D eigenvalue weighted by Gasteiger charge is -2.06. The van der Waals surface area contributed by atoms with Crippen molar-refractivity contribution in [2.45, 2.75) is 19.7 Å². The summed E-state index contributed by atoms with van der Waals surface area (Å²) in [5.41, 5.74) is 0.592. The van der Waals surface area contributed by atoms with Crippen molar-refractivity contribution in [1.29, 1.82) is 0 Å². The molecule has 0 unspecified atom stereocenters. The van der Waals surface area contributed by atoms with Gasteiger partial charge in [-0.1, -0.05) is 0 Å². The van der Waals surface area contributed by atoms with Crippen molar-refractivity contribution in [3.8, 4) is 5.82 Å². The molecular formula is C10H10ClFN4. The predicted octanol–water partition coefficient (Wildman–Crippen LogP) is 2.16. The van der Waals surface area contributed by atoms with Crippen molar-refractivity contribution in [3.63, 3.8) is 0 Å². The van der Waals surface area contributed by atoms with Crippen LogP contribution in [0, 0.1) is 19.7 Å². The molecule has 0 fully saturated rings. The fourth-order valence-corrected chi connectivity index (χ4v) is 1.68. The molecule has 0 aliphatic carbocycles. The van der Waals surface area contributed by atoms with E-state index in [4.69, 9.17) is 11.6 Å². The highest BCUT2D eigenvalue weighted by atomic mass is 35.5. The van der Waals surface area contributed by atoms with Gasteiger partial charge in [-0.05, 0) is 19.9 Å². The van der Waals surface area contributed by atoms with E-state index in [0.29, 0.717) is 23.0 Å². The van der Waals surface area contributed by atoms with Gasteiger partial charge in [0.05, 0.1) is 12.1 Å². The van der Waals surface area contributed by atoms with Gasteiger partial charge in [0, 0.05) is 5.56 Å². The first-order chi connectivity index (χ1) is 7.61. The fraction of sp³-hybridized carbons (Fsp3) is 0.300. The second-order valence-electron chi connectivity index (χ2n) is 3.39. The lowest BCUT2D eigenvalue weighted by molar-refractivity contribution is 0.616. The number of halogens is 2. The zero-order valence-electron chi connectivity index (χ0n) is 8.91. The monoisotopic (exact) mass is 240 g/mol. The summed E-state index contributed by atoms with van der Waals surface area (Å²) in [6, 6.07) is 1.35. The first-order valence-electron chi connectivity index (χ1n) is 4.73. The van der Waals surface area contributed by atoms with Gasteiger partial charge < -0.3 is 0 Å². The molecule has 0 aliphatic heterocycles. The Morgan fingerprint density at radius 2 is 2.19 bits per heavy atom. The summed E-state index contributed by atoms with van der Waals surface area (Å²) in [5, 5.41) is 4.18. The Labute approximate surface area is 97.1 Å². The molecule has 0 spiro atoms. The van der Waals surface area contributed by atoms with Crippen LogP contribution < -0.4 is 0 Å². The summed E-state index contributed by atoms with van der Waals surface area (Å²) in [6.07, 6.45) is 1.14. The lowest BCUT2D eigenvalue weighted by atomic mass is 10.3. The molecule has 2 aromatic heterocycles. The van der Waals surface area contributed by atoms with Crippen molar-refractivity contribution in [2.75, 3.05) is 0 Å². The van der Waals surface area contributed by atoms with Crippen LogP contribution in [0.1, 0.15) is 17.2 Å². The molecule has 6 heteroatoms. The molecule has 16 heavy (non-hydrogen) atoms. The minimum atomic E-state index is -0.408. The van der Waals surface area contributed by atoms with E-state index in [-0.39, 0.29) is 5.88 Å². The summed E-state index contributed by atoms with van der Waals surface area (Å²) in [7, 11) is 0. The Morgan fingerprint density at radius 1 is 1.44 bits per heavy atom. The minimum absolute atomic E-state index is 0.179. The lowest BCUT2D eigenvalue weighted by Crippen LogP contribution is -2.06. The molecule has 84 valence electrons. The summed E-state index contributed by atoms with van der Waals surface area (Å²) >= 11 is 5.74. The molecule has 2 rings (SSSR count). The summed E-state index contributed by atoms with van der Waals surface area (Å²) in [6.45, 7) is 3.59. The maximum Gasteiger partial charge on any atom is 0.160 e. The molecule has 0 N–H and O–H groups in total. The molecule has 0 amide bonds. The predicted molar refractivity (Wildman–Crippen MR) is 58.1 cm³/mol. The van der Waals surface area contributed by atoms with E-state index in [1.54, 1.807) is 11.6 Å². The molecule has 2 heterocycles. The van der Waals surface area contributed by atoms with Gasteiger partial charge in [0.15, 0.2) is 5.82 Å². The average Bonchev–Trinajstić information content (AvgIpc) is 2.57. The Morgan fingerprint density at radius 3 is 2.75 bits per heavy atom. The molecule has 2 aromatic rings. The van der Waals surface area contributed by atoms with Crippen LogP contribution in [0.15, 0.2) is 12.3 Å². The molecule has 0 aliphatic rings. The van der Waals surface area contributed by atoms with Crippen LogP contribution in [-0.4, -0.2) is 19.7 Å². The van der Waals surface area contributed by atoms with Gasteiger partial charge in [0.1, 0.15) is 17.5 Å². The number of hydrogen-bond donors (Lipinski definition) is 0. The zero-order valence-corrected chi connectivity index (χ0v) is 9.66. The molecule has 0 radical (unpaired) electrons. The highest BCUT2D eigenvalue weighted by molar-refractivity contribution is 6.17. The van der Waals surface area contributed by atoms with Crippen LogP contribution in [0.5, 0.6) is 0 Å². The normalized spacial score (nSPS) is 10.8. The number of hydrogen-bond acceptors (Lipinski definition) is 3. The second kappa shape index (κ2) is 4.17. The summed E-state index contributed by atoms with van der Waals surface area (Å²) < 4.78 is 14.6. The number of aromatic nitrogens is 4. The molecule has 0 saturated heterocycles. The van der Waals surface area contributed by atoms with Gasteiger partial charge in [0.2, 0.25) is 0 Å². The van der Waals surface area contributed by atoms with Crippen molar-refractivity contribution < 1.29 is 4.39 Å². The Hall–Kier alpha value is -1.49. The van der Waals surface area contributed by atoms with E-state index >= 15 is 0 Å². The number of nitrogens with zero attached hydrogens (tertiary/aromatic N) is 4. The van der Waals surface area contributed by atoms with Crippen LogP contribution in [-0.2, 0) is 5.88 Å². The van der Waals surface area contributed by atoms with E-state index in [2.05, 4.69) is 15.1 Å². The molecule has 0 saturated carbocycles. The van der Waals surface area contributed by atoms with Crippen LogP contribution >= 0.6 is 11.6 Å². The van der Waals surface area contributed by atoms with E-state index in [1.165, 1.54) is 6.07 Å². The highest BCUT2D eigenvalue weighted by Crippen LogP contribution is 2.16. The average molecular weight is 241 g/mol. The number of pyridine rings is 1. The summed E-state index contributed by atoms with van der Waals surface area (Å²) in [4.78, 5) is 8.15. The quantitative estimate of drug-likeness (QED) is 0.756. The maximum absolute atomic E-state index is 13.0. The van der Waals surface area contributed by atoms with Crippen molar-refractivity contribution >= 4 is 11.6 Å². The topological polar surface area (TPSA) is 43.6 Å². The SMILES string of the molecule is Cc1nc(C)n(-c2ncc(F)cc2CCl)n1. The van der Waals surface area contributed by atoms with Crippen LogP contribution in [0.3, 0.4) is 0 Å². The minimum Gasteiger partial charge on any atom is -0.234 e. The van der Waals surface area contributed by atoms with Crippen LogP contribution in [0.4, 0.5) is 4.39 Å². The molecule has 0 atom stereocenters. The van der Waals surface area contributed by atoms with Gasteiger partial charge in [-0.3, -0.25) is 0 Å². The van der Waals surface area contributed by atoms with Crippen molar-refractivity contribution in [3.05, 3.63) is 35.3 Å². The van der Waals surface area contributed by atoms with Crippen LogP contribution in [0.25, 0.3) is 5.82 Å². The third kappa shape index (κ3) is 1.90. The maximum atomic E-state index is 13.0. The fourth-order valence-electron chi connectivity index (χ4n) is 1.48. The van der Waals surface area contributed by atoms with Gasteiger partial charge >= 0.3 is 0 Å². The largest absolute Gasteiger partial charge is 0.234 e. The van der Waals surface area contributed by atoms with Crippen molar-refractivity contribution in [2.24, 2.45) is 0 Å². The first-order valence-corrected chi connectivity index (χ1v) is 5.26. The molecule has 0 bridgehead atoms. The number of alkyl halides is 1. The third-order valence-corrected chi connectivity index (χ3v) is 2.42. The van der Waals surface area contributed by atoms with Gasteiger partial charge in [-0.25, -0.2) is 14.4 Å².